The van der Waals surface area contributed by atoms with Crippen molar-refractivity contribution in [2.75, 3.05) is 17.5 Å². The highest BCUT2D eigenvalue weighted by Gasteiger charge is 1.99. The lowest BCUT2D eigenvalue weighted by Crippen LogP contribution is -2.12. The molecule has 2 nitrogen and oxygen atoms in total. The number of amides is 1. The maximum Gasteiger partial charge on any atom is 0.239 e. The number of alkyl halides is 1. The smallest absolute Gasteiger partial charge is 0.239 e. The molecule has 0 unspecified atom stereocenters. The first kappa shape index (κ1) is 14.3. The Morgan fingerprint density at radius 1 is 1.47 bits per heavy atom. The number of rotatable bonds is 3. The summed E-state index contributed by atoms with van der Waals surface area (Å²) < 4.78 is 0. The zero-order valence-electron chi connectivity index (χ0n) is 9.21. The maximum atomic E-state index is 10.9. The highest BCUT2D eigenvalue weighted by Crippen LogP contribution is 2.18. The van der Waals surface area contributed by atoms with E-state index in [2.05, 4.69) is 5.32 Å². The molecular formula is C11H16ClNOS. The van der Waals surface area contributed by atoms with Crippen molar-refractivity contribution in [3.05, 3.63) is 24.3 Å². The standard InChI is InChI=1S/C9H10ClNOS.C2H6/c1-13-8-4-2-3-7(5-8)11-9(12)6-10;1-2/h2-5H,6H2,1H3,(H,11,12);1-2H3. The summed E-state index contributed by atoms with van der Waals surface area (Å²) in [4.78, 5) is 12.0. The second kappa shape index (κ2) is 8.62. The molecule has 0 heterocycles. The molecule has 0 saturated carbocycles. The summed E-state index contributed by atoms with van der Waals surface area (Å²) in [6.45, 7) is 4.00. The van der Waals surface area contributed by atoms with Gasteiger partial charge in [-0.1, -0.05) is 19.9 Å². The molecule has 1 aromatic rings. The van der Waals surface area contributed by atoms with Crippen LogP contribution < -0.4 is 5.32 Å². The van der Waals surface area contributed by atoms with E-state index in [1.807, 2.05) is 44.4 Å². The van der Waals surface area contributed by atoms with Gasteiger partial charge in [0.05, 0.1) is 0 Å². The van der Waals surface area contributed by atoms with Crippen LogP contribution in [0.15, 0.2) is 29.2 Å². The number of carbonyl (C=O) groups excluding carboxylic acids is 1. The van der Waals surface area contributed by atoms with Crippen LogP contribution in [-0.4, -0.2) is 18.0 Å². The quantitative estimate of drug-likeness (QED) is 0.651. The van der Waals surface area contributed by atoms with Crippen molar-refractivity contribution in [3.63, 3.8) is 0 Å². The van der Waals surface area contributed by atoms with Crippen LogP contribution in [0.4, 0.5) is 5.69 Å². The summed E-state index contributed by atoms with van der Waals surface area (Å²) in [5.41, 5.74) is 0.789. The Morgan fingerprint density at radius 3 is 2.67 bits per heavy atom. The van der Waals surface area contributed by atoms with Crippen molar-refractivity contribution in [1.82, 2.24) is 0 Å². The van der Waals surface area contributed by atoms with Crippen LogP contribution in [0, 0.1) is 0 Å². The molecule has 0 aromatic heterocycles. The first-order valence-corrected chi connectivity index (χ1v) is 6.52. The van der Waals surface area contributed by atoms with Gasteiger partial charge >= 0.3 is 0 Å². The number of anilines is 1. The lowest BCUT2D eigenvalue weighted by molar-refractivity contribution is -0.113. The zero-order valence-corrected chi connectivity index (χ0v) is 10.8. The Hall–Kier alpha value is -0.670. The van der Waals surface area contributed by atoms with Crippen LogP contribution >= 0.6 is 23.4 Å². The minimum atomic E-state index is -0.181. The van der Waals surface area contributed by atoms with E-state index in [1.54, 1.807) is 11.8 Å². The maximum absolute atomic E-state index is 10.9. The lowest BCUT2D eigenvalue weighted by Gasteiger charge is -2.03. The average Bonchev–Trinajstić information content (AvgIpc) is 2.31. The molecule has 4 heteroatoms. The lowest BCUT2D eigenvalue weighted by atomic mass is 10.3. The summed E-state index contributed by atoms with van der Waals surface area (Å²) in [6.07, 6.45) is 1.99. The molecule has 0 aliphatic carbocycles. The molecule has 1 aromatic carbocycles. The third-order valence-corrected chi connectivity index (χ3v) is 2.44. The molecule has 0 saturated heterocycles. The molecule has 0 aliphatic heterocycles. The van der Waals surface area contributed by atoms with Crippen LogP contribution in [0.1, 0.15) is 13.8 Å². The van der Waals surface area contributed by atoms with Crippen LogP contribution in [0.25, 0.3) is 0 Å². The van der Waals surface area contributed by atoms with E-state index in [-0.39, 0.29) is 11.8 Å². The molecule has 0 spiro atoms. The minimum absolute atomic E-state index is 0.0104. The van der Waals surface area contributed by atoms with Crippen molar-refractivity contribution in [1.29, 1.82) is 0 Å². The minimum Gasteiger partial charge on any atom is -0.325 e. The largest absolute Gasteiger partial charge is 0.325 e. The van der Waals surface area contributed by atoms with Gasteiger partial charge < -0.3 is 5.32 Å². The summed E-state index contributed by atoms with van der Waals surface area (Å²) in [7, 11) is 0. The number of nitrogens with one attached hydrogen (secondary N) is 1. The molecule has 1 rings (SSSR count). The van der Waals surface area contributed by atoms with E-state index in [4.69, 9.17) is 11.6 Å². The number of carbonyl (C=O) groups is 1. The normalized spacial score (nSPS) is 8.80. The van der Waals surface area contributed by atoms with Gasteiger partial charge in [0.25, 0.3) is 0 Å². The molecule has 0 aliphatic rings. The second-order valence-electron chi connectivity index (χ2n) is 2.41. The Bertz CT molecular complexity index is 304. The van der Waals surface area contributed by atoms with Gasteiger partial charge in [0.1, 0.15) is 5.88 Å². The molecular weight excluding hydrogens is 230 g/mol. The van der Waals surface area contributed by atoms with Crippen molar-refractivity contribution in [2.45, 2.75) is 18.7 Å². The summed E-state index contributed by atoms with van der Waals surface area (Å²) in [5.74, 6) is -0.191. The summed E-state index contributed by atoms with van der Waals surface area (Å²) in [6, 6.07) is 7.63. The number of halogens is 1. The van der Waals surface area contributed by atoms with E-state index in [1.165, 1.54) is 0 Å². The molecule has 0 bridgehead atoms. The van der Waals surface area contributed by atoms with Gasteiger partial charge in [-0.05, 0) is 24.5 Å². The topological polar surface area (TPSA) is 29.1 Å². The first-order valence-electron chi connectivity index (χ1n) is 4.76. The Morgan fingerprint density at radius 2 is 2.13 bits per heavy atom. The van der Waals surface area contributed by atoms with Gasteiger partial charge in [-0.3, -0.25) is 4.79 Å². The van der Waals surface area contributed by atoms with E-state index in [0.29, 0.717) is 0 Å². The number of hydrogen-bond acceptors (Lipinski definition) is 2. The SMILES string of the molecule is CC.CSc1cccc(NC(=O)CCl)c1. The van der Waals surface area contributed by atoms with E-state index < -0.39 is 0 Å². The van der Waals surface area contributed by atoms with Crippen LogP contribution in [-0.2, 0) is 4.79 Å². The fraction of sp³-hybridized carbons (Fsp3) is 0.364. The third kappa shape index (κ3) is 5.70. The van der Waals surface area contributed by atoms with Crippen LogP contribution in [0.2, 0.25) is 0 Å². The van der Waals surface area contributed by atoms with E-state index >= 15 is 0 Å². The predicted octanol–water partition coefficient (Wildman–Crippen LogP) is 3.61. The van der Waals surface area contributed by atoms with Gasteiger partial charge in [-0.25, -0.2) is 0 Å². The second-order valence-corrected chi connectivity index (χ2v) is 3.56. The van der Waals surface area contributed by atoms with Crippen molar-refractivity contribution < 1.29 is 4.79 Å². The number of hydrogen-bond donors (Lipinski definition) is 1. The number of thioether (sulfide) groups is 1. The van der Waals surface area contributed by atoms with Crippen LogP contribution in [0.5, 0.6) is 0 Å². The van der Waals surface area contributed by atoms with Gasteiger partial charge in [0.2, 0.25) is 5.91 Å². The third-order valence-electron chi connectivity index (χ3n) is 1.47. The Kier molecular flexibility index (Phi) is 8.24. The van der Waals surface area contributed by atoms with Crippen LogP contribution in [0.3, 0.4) is 0 Å². The Labute approximate surface area is 100 Å². The fourth-order valence-electron chi connectivity index (χ4n) is 0.895. The molecule has 84 valence electrons. The predicted molar refractivity (Wildman–Crippen MR) is 68.9 cm³/mol. The number of benzene rings is 1. The van der Waals surface area contributed by atoms with Crippen molar-refractivity contribution in [3.8, 4) is 0 Å². The van der Waals surface area contributed by atoms with Gasteiger partial charge in [0, 0.05) is 10.6 Å². The van der Waals surface area contributed by atoms with Gasteiger partial charge in [-0.2, -0.15) is 0 Å². The molecule has 0 fully saturated rings. The highest BCUT2D eigenvalue weighted by atomic mass is 35.5. The van der Waals surface area contributed by atoms with Crippen molar-refractivity contribution in [2.24, 2.45) is 0 Å². The molecule has 15 heavy (non-hydrogen) atoms. The van der Waals surface area contributed by atoms with Gasteiger partial charge in [-0.15, -0.1) is 23.4 Å². The molecule has 0 radical (unpaired) electrons. The molecule has 1 amide bonds. The zero-order chi connectivity index (χ0) is 11.7. The summed E-state index contributed by atoms with van der Waals surface area (Å²) in [5, 5.41) is 2.68. The fourth-order valence-corrected chi connectivity index (χ4v) is 1.42. The van der Waals surface area contributed by atoms with E-state index in [9.17, 15) is 4.79 Å². The summed E-state index contributed by atoms with van der Waals surface area (Å²) >= 11 is 6.99. The van der Waals surface area contributed by atoms with Gasteiger partial charge in [0.15, 0.2) is 0 Å². The molecule has 1 N–H and O–H groups in total. The molecule has 0 atom stereocenters. The van der Waals surface area contributed by atoms with Crippen molar-refractivity contribution >= 4 is 35.0 Å². The monoisotopic (exact) mass is 245 g/mol. The van der Waals surface area contributed by atoms with E-state index in [0.717, 1.165) is 10.6 Å². The average molecular weight is 246 g/mol. The highest BCUT2D eigenvalue weighted by molar-refractivity contribution is 7.98. The first-order chi connectivity index (χ1) is 7.26. The Balaban J connectivity index is 0.000000921.